The Kier molecular flexibility index (Phi) is 8.64. The first-order valence-corrected chi connectivity index (χ1v) is 9.92. The summed E-state index contributed by atoms with van der Waals surface area (Å²) in [6.45, 7) is 6.02. The van der Waals surface area contributed by atoms with E-state index in [-0.39, 0.29) is 18.1 Å². The highest BCUT2D eigenvalue weighted by atomic mass is 16.6. The molecule has 1 aliphatic heterocycles. The van der Waals surface area contributed by atoms with Gasteiger partial charge in [-0.25, -0.2) is 4.79 Å². The predicted octanol–water partition coefficient (Wildman–Crippen LogP) is 4.13. The molecule has 1 atom stereocenters. The standard InChI is InChI=1S/C21H28N2O6/c1-16(2)21(25)28-15-9-3-4-13-20(24)29-19-12-7-8-14-22(19)17-10-5-6-11-18(17)23(26)27/h5-6,10-11,19H,1,3-4,7-9,12-15H2,2H3. The van der Waals surface area contributed by atoms with Gasteiger partial charge in [0, 0.05) is 31.0 Å². The lowest BCUT2D eigenvalue weighted by Gasteiger charge is -2.36. The molecule has 8 heteroatoms. The number of carbonyl (C=O) groups is 2. The molecule has 1 unspecified atom stereocenters. The molecule has 2 rings (SSSR count). The Morgan fingerprint density at radius 1 is 1.24 bits per heavy atom. The number of nitro benzene ring substituents is 1. The van der Waals surface area contributed by atoms with Crippen molar-refractivity contribution in [2.45, 2.75) is 58.1 Å². The third-order valence-corrected chi connectivity index (χ3v) is 4.71. The zero-order valence-corrected chi connectivity index (χ0v) is 16.8. The Hall–Kier alpha value is -2.90. The largest absolute Gasteiger partial charge is 0.462 e. The molecule has 8 nitrogen and oxygen atoms in total. The van der Waals surface area contributed by atoms with Crippen LogP contribution in [0, 0.1) is 10.1 Å². The van der Waals surface area contributed by atoms with Crippen molar-refractivity contribution in [2.75, 3.05) is 18.1 Å². The molecule has 0 N–H and O–H groups in total. The third kappa shape index (κ3) is 6.89. The predicted molar refractivity (Wildman–Crippen MR) is 108 cm³/mol. The molecule has 0 bridgehead atoms. The minimum absolute atomic E-state index is 0.0137. The van der Waals surface area contributed by atoms with Crippen molar-refractivity contribution in [2.24, 2.45) is 0 Å². The van der Waals surface area contributed by atoms with Gasteiger partial charge in [0.25, 0.3) is 5.69 Å². The van der Waals surface area contributed by atoms with E-state index in [1.54, 1.807) is 25.1 Å². The summed E-state index contributed by atoms with van der Waals surface area (Å²) in [4.78, 5) is 36.3. The molecular formula is C21H28N2O6. The molecule has 1 saturated heterocycles. The number of hydrogen-bond acceptors (Lipinski definition) is 7. The van der Waals surface area contributed by atoms with Gasteiger partial charge in [-0.3, -0.25) is 14.9 Å². The number of para-hydroxylation sites is 2. The zero-order chi connectivity index (χ0) is 21.2. The molecule has 0 radical (unpaired) electrons. The molecule has 0 aliphatic carbocycles. The lowest BCUT2D eigenvalue weighted by molar-refractivity contribution is -0.384. The fourth-order valence-corrected chi connectivity index (χ4v) is 3.21. The van der Waals surface area contributed by atoms with Gasteiger partial charge in [0.2, 0.25) is 0 Å². The van der Waals surface area contributed by atoms with Crippen molar-refractivity contribution < 1.29 is 24.0 Å². The Labute approximate surface area is 170 Å². The molecule has 158 valence electrons. The Balaban J connectivity index is 1.81. The van der Waals surface area contributed by atoms with Crippen LogP contribution in [0.15, 0.2) is 36.4 Å². The smallest absolute Gasteiger partial charge is 0.333 e. The highest BCUT2D eigenvalue weighted by Gasteiger charge is 2.30. The van der Waals surface area contributed by atoms with Crippen LogP contribution >= 0.6 is 0 Å². The summed E-state index contributed by atoms with van der Waals surface area (Å²) < 4.78 is 10.6. The average Bonchev–Trinajstić information content (AvgIpc) is 2.70. The van der Waals surface area contributed by atoms with E-state index in [4.69, 9.17) is 9.47 Å². The van der Waals surface area contributed by atoms with Crippen molar-refractivity contribution in [3.8, 4) is 0 Å². The maximum absolute atomic E-state index is 12.3. The number of hydrogen-bond donors (Lipinski definition) is 0. The molecule has 0 spiro atoms. The van der Waals surface area contributed by atoms with E-state index >= 15 is 0 Å². The van der Waals surface area contributed by atoms with E-state index in [2.05, 4.69) is 6.58 Å². The maximum atomic E-state index is 12.3. The molecule has 1 heterocycles. The molecule has 1 aromatic rings. The van der Waals surface area contributed by atoms with Crippen LogP contribution in [-0.4, -0.2) is 36.2 Å². The molecular weight excluding hydrogens is 376 g/mol. The summed E-state index contributed by atoms with van der Waals surface area (Å²) in [5.74, 6) is -0.726. The molecule has 0 aromatic heterocycles. The summed E-state index contributed by atoms with van der Waals surface area (Å²) in [5, 5.41) is 11.3. The van der Waals surface area contributed by atoms with E-state index in [1.165, 1.54) is 6.07 Å². The summed E-state index contributed by atoms with van der Waals surface area (Å²) in [6, 6.07) is 6.52. The van der Waals surface area contributed by atoms with Crippen LogP contribution < -0.4 is 4.90 Å². The van der Waals surface area contributed by atoms with Gasteiger partial charge in [0.05, 0.1) is 11.5 Å². The summed E-state index contributed by atoms with van der Waals surface area (Å²) >= 11 is 0. The summed E-state index contributed by atoms with van der Waals surface area (Å²) in [5.41, 5.74) is 0.860. The first-order chi connectivity index (χ1) is 13.9. The Bertz CT molecular complexity index is 748. The minimum Gasteiger partial charge on any atom is -0.462 e. The monoisotopic (exact) mass is 404 g/mol. The topological polar surface area (TPSA) is 99.0 Å². The van der Waals surface area contributed by atoms with E-state index in [9.17, 15) is 19.7 Å². The van der Waals surface area contributed by atoms with E-state index < -0.39 is 17.1 Å². The number of nitrogens with zero attached hydrogens (tertiary/aromatic N) is 2. The molecule has 1 aliphatic rings. The van der Waals surface area contributed by atoms with Crippen LogP contribution in [0.5, 0.6) is 0 Å². The number of ether oxygens (including phenoxy) is 2. The van der Waals surface area contributed by atoms with Crippen molar-refractivity contribution in [1.82, 2.24) is 0 Å². The molecule has 29 heavy (non-hydrogen) atoms. The van der Waals surface area contributed by atoms with Crippen LogP contribution in [-0.2, 0) is 19.1 Å². The van der Waals surface area contributed by atoms with E-state index in [0.29, 0.717) is 43.7 Å². The van der Waals surface area contributed by atoms with E-state index in [0.717, 1.165) is 19.3 Å². The quantitative estimate of drug-likeness (QED) is 0.190. The van der Waals surface area contributed by atoms with Gasteiger partial charge in [-0.05, 0) is 45.1 Å². The van der Waals surface area contributed by atoms with Crippen LogP contribution in [0.25, 0.3) is 0 Å². The molecule has 0 amide bonds. The van der Waals surface area contributed by atoms with Crippen molar-refractivity contribution in [3.05, 3.63) is 46.5 Å². The average molecular weight is 404 g/mol. The van der Waals surface area contributed by atoms with Crippen LogP contribution in [0.3, 0.4) is 0 Å². The zero-order valence-electron chi connectivity index (χ0n) is 16.8. The van der Waals surface area contributed by atoms with Crippen LogP contribution in [0.4, 0.5) is 11.4 Å². The Morgan fingerprint density at radius 2 is 2.00 bits per heavy atom. The number of benzene rings is 1. The SMILES string of the molecule is C=C(C)C(=O)OCCCCCC(=O)OC1CCCCN1c1ccccc1[N+](=O)[O-]. The van der Waals surface area contributed by atoms with Crippen LogP contribution in [0.1, 0.15) is 51.9 Å². The fourth-order valence-electron chi connectivity index (χ4n) is 3.21. The number of unbranched alkanes of at least 4 members (excludes halogenated alkanes) is 2. The van der Waals surface area contributed by atoms with Crippen molar-refractivity contribution >= 4 is 23.3 Å². The molecule has 1 fully saturated rings. The molecule has 0 saturated carbocycles. The van der Waals surface area contributed by atoms with Gasteiger partial charge in [-0.2, -0.15) is 0 Å². The highest BCUT2D eigenvalue weighted by molar-refractivity contribution is 5.86. The van der Waals surface area contributed by atoms with Crippen LogP contribution in [0.2, 0.25) is 0 Å². The normalized spacial score (nSPS) is 16.2. The van der Waals surface area contributed by atoms with Gasteiger partial charge in [-0.15, -0.1) is 0 Å². The minimum atomic E-state index is -0.492. The van der Waals surface area contributed by atoms with Gasteiger partial charge < -0.3 is 14.4 Å². The first-order valence-electron chi connectivity index (χ1n) is 9.92. The van der Waals surface area contributed by atoms with Crippen molar-refractivity contribution in [1.29, 1.82) is 0 Å². The van der Waals surface area contributed by atoms with Gasteiger partial charge in [-0.1, -0.05) is 18.7 Å². The number of piperidine rings is 1. The van der Waals surface area contributed by atoms with Gasteiger partial charge in [0.15, 0.2) is 6.23 Å². The van der Waals surface area contributed by atoms with E-state index in [1.807, 2.05) is 4.90 Å². The van der Waals surface area contributed by atoms with Gasteiger partial charge in [0.1, 0.15) is 5.69 Å². The number of rotatable bonds is 10. The fraction of sp³-hybridized carbons (Fsp3) is 0.524. The van der Waals surface area contributed by atoms with Crippen molar-refractivity contribution in [3.63, 3.8) is 0 Å². The molecule has 1 aromatic carbocycles. The maximum Gasteiger partial charge on any atom is 0.333 e. The Morgan fingerprint density at radius 3 is 2.72 bits per heavy atom. The number of anilines is 1. The number of carbonyl (C=O) groups excluding carboxylic acids is 2. The second-order valence-electron chi connectivity index (χ2n) is 7.11. The third-order valence-electron chi connectivity index (χ3n) is 4.71. The highest BCUT2D eigenvalue weighted by Crippen LogP contribution is 2.33. The second-order valence-corrected chi connectivity index (χ2v) is 7.11. The summed E-state index contributed by atoms with van der Waals surface area (Å²) in [6.07, 6.45) is 4.24. The summed E-state index contributed by atoms with van der Waals surface area (Å²) in [7, 11) is 0. The van der Waals surface area contributed by atoms with Gasteiger partial charge >= 0.3 is 11.9 Å². The first kappa shape index (κ1) is 22.4. The number of esters is 2. The second kappa shape index (κ2) is 11.2. The lowest BCUT2D eigenvalue weighted by atomic mass is 10.1. The number of nitro groups is 1. The lowest BCUT2D eigenvalue weighted by Crippen LogP contribution is -2.42.